The minimum absolute atomic E-state index is 0.187. The van der Waals surface area contributed by atoms with Crippen molar-refractivity contribution < 1.29 is 13.2 Å². The minimum Gasteiger partial charge on any atom is -0.321 e. The fraction of sp³-hybridized carbons (Fsp3) is 0.250. The molecule has 2 aromatic rings. The van der Waals surface area contributed by atoms with Crippen LogP contribution in [0.15, 0.2) is 35.5 Å². The zero-order chi connectivity index (χ0) is 17.2. The second-order valence-electron chi connectivity index (χ2n) is 5.24. The number of benzene rings is 1. The number of nitrogens with one attached hydrogen (secondary N) is 2. The third-order valence-corrected chi connectivity index (χ3v) is 5.30. The Kier molecular flexibility index (Phi) is 4.82. The number of hydrogen-bond acceptors (Lipinski definition) is 4. The van der Waals surface area contributed by atoms with Gasteiger partial charge in [-0.25, -0.2) is 13.1 Å². The van der Waals surface area contributed by atoms with E-state index in [0.29, 0.717) is 22.4 Å². The number of aryl methyl sites for hydroxylation is 2. The number of sulfonamides is 1. The van der Waals surface area contributed by atoms with Gasteiger partial charge in [-0.15, -0.1) is 0 Å². The van der Waals surface area contributed by atoms with Crippen LogP contribution in [0.25, 0.3) is 0 Å². The molecule has 1 aromatic carbocycles. The number of hydrogen-bond donors (Lipinski definition) is 2. The van der Waals surface area contributed by atoms with Crippen molar-refractivity contribution >= 4 is 21.6 Å². The quantitative estimate of drug-likeness (QED) is 0.897. The maximum atomic E-state index is 12.3. The highest BCUT2D eigenvalue weighted by Crippen LogP contribution is 2.30. The zero-order valence-corrected chi connectivity index (χ0v) is 14.3. The van der Waals surface area contributed by atoms with Gasteiger partial charge in [-0.3, -0.25) is 9.78 Å². The molecule has 6 nitrogen and oxygen atoms in total. The number of anilines is 1. The van der Waals surface area contributed by atoms with Gasteiger partial charge >= 0.3 is 0 Å². The number of amides is 1. The standard InChI is InChI=1S/C16H19N3O3S/c1-10-8-11(2)15(23(21,22)17-4)12(3)14(10)19-16(20)13-6-5-7-18-9-13/h5-9,17H,1-4H3,(H,19,20). The molecule has 0 aliphatic heterocycles. The van der Waals surface area contributed by atoms with Crippen molar-refractivity contribution in [2.45, 2.75) is 25.7 Å². The van der Waals surface area contributed by atoms with Crippen LogP contribution in [0.1, 0.15) is 27.0 Å². The summed E-state index contributed by atoms with van der Waals surface area (Å²) >= 11 is 0. The van der Waals surface area contributed by atoms with E-state index in [2.05, 4.69) is 15.0 Å². The first kappa shape index (κ1) is 17.1. The third kappa shape index (κ3) is 3.40. The summed E-state index contributed by atoms with van der Waals surface area (Å²) < 4.78 is 26.8. The Balaban J connectivity index is 2.52. The van der Waals surface area contributed by atoms with Gasteiger partial charge < -0.3 is 5.32 Å². The second kappa shape index (κ2) is 6.47. The maximum Gasteiger partial charge on any atom is 0.257 e. The Morgan fingerprint density at radius 2 is 1.87 bits per heavy atom. The van der Waals surface area contributed by atoms with Gasteiger partial charge in [0, 0.05) is 18.1 Å². The molecule has 0 atom stereocenters. The van der Waals surface area contributed by atoms with Gasteiger partial charge in [-0.05, 0) is 56.6 Å². The third-order valence-electron chi connectivity index (χ3n) is 3.60. The van der Waals surface area contributed by atoms with E-state index in [1.54, 1.807) is 38.2 Å². The average Bonchev–Trinajstić information content (AvgIpc) is 2.51. The summed E-state index contributed by atoms with van der Waals surface area (Å²) in [6.07, 6.45) is 3.04. The summed E-state index contributed by atoms with van der Waals surface area (Å²) in [5.74, 6) is -0.332. The number of carbonyl (C=O) groups is 1. The van der Waals surface area contributed by atoms with E-state index in [-0.39, 0.29) is 10.8 Å². The van der Waals surface area contributed by atoms with E-state index in [1.165, 1.54) is 13.2 Å². The summed E-state index contributed by atoms with van der Waals surface area (Å²) in [6.45, 7) is 5.24. The van der Waals surface area contributed by atoms with Crippen LogP contribution in [-0.4, -0.2) is 26.4 Å². The zero-order valence-electron chi connectivity index (χ0n) is 13.5. The van der Waals surface area contributed by atoms with Crippen LogP contribution in [0.5, 0.6) is 0 Å². The van der Waals surface area contributed by atoms with Crippen LogP contribution in [0.2, 0.25) is 0 Å². The van der Waals surface area contributed by atoms with Gasteiger partial charge in [-0.2, -0.15) is 0 Å². The highest BCUT2D eigenvalue weighted by molar-refractivity contribution is 7.89. The van der Waals surface area contributed by atoms with Gasteiger partial charge in [0.15, 0.2) is 0 Å². The second-order valence-corrected chi connectivity index (χ2v) is 7.07. The van der Waals surface area contributed by atoms with Gasteiger partial charge in [0.25, 0.3) is 5.91 Å². The van der Waals surface area contributed by atoms with Crippen molar-refractivity contribution in [2.75, 3.05) is 12.4 Å². The molecule has 0 aliphatic carbocycles. The maximum absolute atomic E-state index is 12.3. The topological polar surface area (TPSA) is 88.2 Å². The lowest BCUT2D eigenvalue weighted by Crippen LogP contribution is -2.22. The van der Waals surface area contributed by atoms with Crippen LogP contribution in [0.4, 0.5) is 5.69 Å². The van der Waals surface area contributed by atoms with Crippen LogP contribution >= 0.6 is 0 Å². The molecule has 0 saturated carbocycles. The number of aromatic nitrogens is 1. The summed E-state index contributed by atoms with van der Waals surface area (Å²) in [5.41, 5.74) is 2.85. The van der Waals surface area contributed by atoms with E-state index < -0.39 is 10.0 Å². The molecule has 0 saturated heterocycles. The van der Waals surface area contributed by atoms with Crippen molar-refractivity contribution in [3.8, 4) is 0 Å². The van der Waals surface area contributed by atoms with Crippen LogP contribution in [0, 0.1) is 20.8 Å². The first-order valence-corrected chi connectivity index (χ1v) is 8.52. The normalized spacial score (nSPS) is 11.3. The van der Waals surface area contributed by atoms with E-state index in [1.807, 2.05) is 6.92 Å². The van der Waals surface area contributed by atoms with E-state index in [4.69, 9.17) is 0 Å². The summed E-state index contributed by atoms with van der Waals surface area (Å²) in [4.78, 5) is 16.4. The number of carbonyl (C=O) groups excluding carboxylic acids is 1. The molecule has 7 heteroatoms. The number of pyridine rings is 1. The van der Waals surface area contributed by atoms with Crippen LogP contribution < -0.4 is 10.0 Å². The molecule has 122 valence electrons. The smallest absolute Gasteiger partial charge is 0.257 e. The molecule has 1 amide bonds. The summed E-state index contributed by atoms with van der Waals surface area (Å²) in [6, 6.07) is 5.06. The predicted molar refractivity (Wildman–Crippen MR) is 89.1 cm³/mol. The lowest BCUT2D eigenvalue weighted by molar-refractivity contribution is 0.102. The molecule has 0 aliphatic rings. The molecule has 0 radical (unpaired) electrons. The van der Waals surface area contributed by atoms with Gasteiger partial charge in [0.2, 0.25) is 10.0 Å². The van der Waals surface area contributed by atoms with Crippen molar-refractivity contribution in [2.24, 2.45) is 0 Å². The fourth-order valence-corrected chi connectivity index (χ4v) is 3.75. The lowest BCUT2D eigenvalue weighted by Gasteiger charge is -2.17. The SMILES string of the molecule is CNS(=O)(=O)c1c(C)cc(C)c(NC(=O)c2cccnc2)c1C. The van der Waals surface area contributed by atoms with E-state index >= 15 is 0 Å². The van der Waals surface area contributed by atoms with E-state index in [9.17, 15) is 13.2 Å². The van der Waals surface area contributed by atoms with Crippen molar-refractivity contribution in [1.29, 1.82) is 0 Å². The molecule has 1 heterocycles. The first-order chi connectivity index (χ1) is 10.8. The molecule has 0 fully saturated rings. The molecule has 2 N–H and O–H groups in total. The van der Waals surface area contributed by atoms with Crippen molar-refractivity contribution in [3.05, 3.63) is 52.8 Å². The highest BCUT2D eigenvalue weighted by atomic mass is 32.2. The molecule has 0 unspecified atom stereocenters. The Morgan fingerprint density at radius 1 is 1.17 bits per heavy atom. The molecule has 23 heavy (non-hydrogen) atoms. The first-order valence-electron chi connectivity index (χ1n) is 7.03. The van der Waals surface area contributed by atoms with Crippen molar-refractivity contribution in [3.63, 3.8) is 0 Å². The Morgan fingerprint density at radius 3 is 2.43 bits per heavy atom. The Bertz CT molecular complexity index is 847. The Hall–Kier alpha value is -2.25. The molecule has 0 bridgehead atoms. The monoisotopic (exact) mass is 333 g/mol. The predicted octanol–water partition coefficient (Wildman–Crippen LogP) is 2.17. The molecular formula is C16H19N3O3S. The van der Waals surface area contributed by atoms with Gasteiger partial charge in [-0.1, -0.05) is 6.07 Å². The van der Waals surface area contributed by atoms with E-state index in [0.717, 1.165) is 5.56 Å². The van der Waals surface area contributed by atoms with Gasteiger partial charge in [0.05, 0.1) is 10.5 Å². The fourth-order valence-electron chi connectivity index (χ4n) is 2.56. The highest BCUT2D eigenvalue weighted by Gasteiger charge is 2.22. The number of rotatable bonds is 4. The molecular weight excluding hydrogens is 314 g/mol. The largest absolute Gasteiger partial charge is 0.321 e. The lowest BCUT2D eigenvalue weighted by atomic mass is 10.0. The minimum atomic E-state index is -3.61. The number of nitrogens with zero attached hydrogens (tertiary/aromatic N) is 1. The molecule has 0 spiro atoms. The van der Waals surface area contributed by atoms with Gasteiger partial charge in [0.1, 0.15) is 0 Å². The summed E-state index contributed by atoms with van der Waals surface area (Å²) in [5, 5.41) is 2.79. The van der Waals surface area contributed by atoms with Crippen molar-refractivity contribution in [1.82, 2.24) is 9.71 Å². The molecule has 1 aromatic heterocycles. The average molecular weight is 333 g/mol. The van der Waals surface area contributed by atoms with Crippen LogP contribution in [0.3, 0.4) is 0 Å². The molecule has 2 rings (SSSR count). The Labute approximate surface area is 136 Å². The summed E-state index contributed by atoms with van der Waals surface area (Å²) in [7, 11) is -2.25. The van der Waals surface area contributed by atoms with Crippen LogP contribution in [-0.2, 0) is 10.0 Å².